The summed E-state index contributed by atoms with van der Waals surface area (Å²) >= 11 is 5.60. The highest BCUT2D eigenvalue weighted by Gasteiger charge is 2.21. The second kappa shape index (κ2) is 5.47. The van der Waals surface area contributed by atoms with Crippen LogP contribution in [0.25, 0.3) is 0 Å². The predicted molar refractivity (Wildman–Crippen MR) is 56.1 cm³/mol. The van der Waals surface area contributed by atoms with E-state index in [2.05, 4.69) is 10.2 Å². The van der Waals surface area contributed by atoms with Crippen molar-refractivity contribution < 1.29 is 9.15 Å². The Hall–Kier alpha value is -0.610. The molecule has 0 radical (unpaired) electrons. The van der Waals surface area contributed by atoms with Gasteiger partial charge in [0.25, 0.3) is 0 Å². The average Bonchev–Trinajstić information content (AvgIpc) is 2.76. The predicted octanol–water partition coefficient (Wildman–Crippen LogP) is 2.13. The maximum Gasteiger partial charge on any atom is 0.221 e. The van der Waals surface area contributed by atoms with Gasteiger partial charge in [0, 0.05) is 18.9 Å². The van der Waals surface area contributed by atoms with Gasteiger partial charge in [0.15, 0.2) is 0 Å². The minimum Gasteiger partial charge on any atom is -0.425 e. The summed E-state index contributed by atoms with van der Waals surface area (Å²) in [5.74, 6) is 2.33. The summed E-state index contributed by atoms with van der Waals surface area (Å²) in [6.07, 6.45) is 3.80. The SMILES string of the molecule is ClCCCc1nnc(C2CCCOC2)o1. The highest BCUT2D eigenvalue weighted by atomic mass is 35.5. The van der Waals surface area contributed by atoms with Crippen molar-refractivity contribution >= 4 is 11.6 Å². The zero-order valence-electron chi connectivity index (χ0n) is 8.62. The number of hydrogen-bond donors (Lipinski definition) is 0. The Kier molecular flexibility index (Phi) is 3.97. The van der Waals surface area contributed by atoms with Gasteiger partial charge in [-0.15, -0.1) is 21.8 Å². The maximum absolute atomic E-state index is 5.60. The number of aryl methyl sites for hydroxylation is 1. The molecule has 0 spiro atoms. The van der Waals surface area contributed by atoms with Crippen LogP contribution in [0.3, 0.4) is 0 Å². The van der Waals surface area contributed by atoms with Crippen molar-refractivity contribution in [3.8, 4) is 0 Å². The van der Waals surface area contributed by atoms with Gasteiger partial charge in [0.05, 0.1) is 12.5 Å². The van der Waals surface area contributed by atoms with E-state index in [0.717, 1.165) is 38.2 Å². The van der Waals surface area contributed by atoms with E-state index in [-0.39, 0.29) is 5.92 Å². The number of ether oxygens (including phenoxy) is 1. The molecule has 1 aliphatic heterocycles. The molecular formula is C10H15ClN2O2. The van der Waals surface area contributed by atoms with Crippen molar-refractivity contribution in [2.45, 2.75) is 31.6 Å². The van der Waals surface area contributed by atoms with Crippen molar-refractivity contribution in [3.05, 3.63) is 11.8 Å². The molecule has 1 unspecified atom stereocenters. The molecule has 2 rings (SSSR count). The van der Waals surface area contributed by atoms with Gasteiger partial charge in [-0.05, 0) is 19.3 Å². The minimum atomic E-state index is 0.288. The van der Waals surface area contributed by atoms with Crippen LogP contribution in [-0.4, -0.2) is 29.3 Å². The lowest BCUT2D eigenvalue weighted by Crippen LogP contribution is -2.15. The second-order valence-corrected chi connectivity index (χ2v) is 4.12. The van der Waals surface area contributed by atoms with Gasteiger partial charge < -0.3 is 9.15 Å². The van der Waals surface area contributed by atoms with E-state index in [0.29, 0.717) is 18.4 Å². The molecule has 0 aliphatic carbocycles. The molecule has 1 fully saturated rings. The van der Waals surface area contributed by atoms with Crippen LogP contribution in [0.15, 0.2) is 4.42 Å². The summed E-state index contributed by atoms with van der Waals surface area (Å²) in [5, 5.41) is 8.05. The van der Waals surface area contributed by atoms with Gasteiger partial charge in [0.2, 0.25) is 11.8 Å². The number of rotatable bonds is 4. The molecule has 1 aliphatic rings. The largest absolute Gasteiger partial charge is 0.425 e. The lowest BCUT2D eigenvalue weighted by molar-refractivity contribution is 0.0721. The third kappa shape index (κ3) is 2.92. The van der Waals surface area contributed by atoms with E-state index < -0.39 is 0 Å². The summed E-state index contributed by atoms with van der Waals surface area (Å²) in [6.45, 7) is 1.56. The van der Waals surface area contributed by atoms with Crippen LogP contribution >= 0.6 is 11.6 Å². The molecule has 4 nitrogen and oxygen atoms in total. The Morgan fingerprint density at radius 1 is 1.40 bits per heavy atom. The van der Waals surface area contributed by atoms with Crippen LogP contribution in [0.5, 0.6) is 0 Å². The van der Waals surface area contributed by atoms with Crippen LogP contribution in [0.1, 0.15) is 37.0 Å². The quantitative estimate of drug-likeness (QED) is 0.744. The van der Waals surface area contributed by atoms with Crippen LogP contribution < -0.4 is 0 Å². The van der Waals surface area contributed by atoms with Gasteiger partial charge in [-0.25, -0.2) is 0 Å². The number of halogens is 1. The van der Waals surface area contributed by atoms with Gasteiger partial charge in [-0.1, -0.05) is 0 Å². The van der Waals surface area contributed by atoms with E-state index in [4.69, 9.17) is 20.8 Å². The first-order valence-corrected chi connectivity index (χ1v) is 5.89. The molecule has 2 heterocycles. The fourth-order valence-electron chi connectivity index (χ4n) is 1.69. The molecular weight excluding hydrogens is 216 g/mol. The van der Waals surface area contributed by atoms with Crippen molar-refractivity contribution in [2.75, 3.05) is 19.1 Å². The summed E-state index contributed by atoms with van der Waals surface area (Å²) in [7, 11) is 0. The van der Waals surface area contributed by atoms with Crippen molar-refractivity contribution in [1.82, 2.24) is 10.2 Å². The van der Waals surface area contributed by atoms with E-state index in [1.807, 2.05) is 0 Å². The molecule has 1 saturated heterocycles. The van der Waals surface area contributed by atoms with E-state index in [1.165, 1.54) is 0 Å². The molecule has 15 heavy (non-hydrogen) atoms. The second-order valence-electron chi connectivity index (χ2n) is 3.74. The molecule has 1 aromatic rings. The standard InChI is InChI=1S/C10H15ClN2O2/c11-5-1-4-9-12-13-10(15-9)8-3-2-6-14-7-8/h8H,1-7H2. The van der Waals surface area contributed by atoms with Gasteiger partial charge in [-0.2, -0.15) is 0 Å². The molecule has 1 atom stereocenters. The molecule has 0 amide bonds. The molecule has 0 aromatic carbocycles. The minimum absolute atomic E-state index is 0.288. The fraction of sp³-hybridized carbons (Fsp3) is 0.800. The van der Waals surface area contributed by atoms with Crippen molar-refractivity contribution in [3.63, 3.8) is 0 Å². The van der Waals surface area contributed by atoms with E-state index in [9.17, 15) is 0 Å². The molecule has 0 saturated carbocycles. The summed E-state index contributed by atoms with van der Waals surface area (Å²) < 4.78 is 10.9. The van der Waals surface area contributed by atoms with E-state index >= 15 is 0 Å². The van der Waals surface area contributed by atoms with Gasteiger partial charge >= 0.3 is 0 Å². The lowest BCUT2D eigenvalue weighted by Gasteiger charge is -2.18. The molecule has 0 N–H and O–H groups in total. The Balaban J connectivity index is 1.93. The van der Waals surface area contributed by atoms with Gasteiger partial charge in [-0.3, -0.25) is 0 Å². The first kappa shape index (κ1) is 10.9. The number of hydrogen-bond acceptors (Lipinski definition) is 4. The fourth-order valence-corrected chi connectivity index (χ4v) is 1.82. The highest BCUT2D eigenvalue weighted by Crippen LogP contribution is 2.24. The number of aromatic nitrogens is 2. The third-order valence-corrected chi connectivity index (χ3v) is 2.78. The third-order valence-electron chi connectivity index (χ3n) is 2.52. The Morgan fingerprint density at radius 3 is 3.07 bits per heavy atom. The maximum atomic E-state index is 5.60. The first-order valence-electron chi connectivity index (χ1n) is 5.36. The summed E-state index contributed by atoms with van der Waals surface area (Å²) in [5.41, 5.74) is 0. The van der Waals surface area contributed by atoms with Gasteiger partial charge in [0.1, 0.15) is 0 Å². The zero-order valence-corrected chi connectivity index (χ0v) is 9.37. The van der Waals surface area contributed by atoms with E-state index in [1.54, 1.807) is 0 Å². The number of alkyl halides is 1. The Morgan fingerprint density at radius 2 is 2.33 bits per heavy atom. The first-order chi connectivity index (χ1) is 7.40. The smallest absolute Gasteiger partial charge is 0.221 e. The monoisotopic (exact) mass is 230 g/mol. The molecule has 0 bridgehead atoms. The van der Waals surface area contributed by atoms with Crippen LogP contribution in [0, 0.1) is 0 Å². The van der Waals surface area contributed by atoms with Crippen molar-refractivity contribution in [2.24, 2.45) is 0 Å². The summed E-state index contributed by atoms with van der Waals surface area (Å²) in [4.78, 5) is 0. The summed E-state index contributed by atoms with van der Waals surface area (Å²) in [6, 6.07) is 0. The normalized spacial score (nSPS) is 21.8. The molecule has 84 valence electrons. The average molecular weight is 231 g/mol. The Labute approximate surface area is 94.0 Å². The van der Waals surface area contributed by atoms with Crippen molar-refractivity contribution in [1.29, 1.82) is 0 Å². The molecule has 5 heteroatoms. The lowest BCUT2D eigenvalue weighted by atomic mass is 10.0. The molecule has 1 aromatic heterocycles. The highest BCUT2D eigenvalue weighted by molar-refractivity contribution is 6.17. The number of nitrogens with zero attached hydrogens (tertiary/aromatic N) is 2. The van der Waals surface area contributed by atoms with Crippen LogP contribution in [0.4, 0.5) is 0 Å². The topological polar surface area (TPSA) is 48.2 Å². The van der Waals surface area contributed by atoms with Crippen LogP contribution in [-0.2, 0) is 11.2 Å². The van der Waals surface area contributed by atoms with Crippen LogP contribution in [0.2, 0.25) is 0 Å². The Bertz CT molecular complexity index is 297. The zero-order chi connectivity index (χ0) is 10.5.